The highest BCUT2D eigenvalue weighted by atomic mass is 35.5. The monoisotopic (exact) mass is 383 g/mol. The molecule has 1 atom stereocenters. The van der Waals surface area contributed by atoms with Crippen LogP contribution in [-0.4, -0.2) is 41.0 Å². The smallest absolute Gasteiger partial charge is 0.225 e. The number of halogens is 2. The highest BCUT2D eigenvalue weighted by molar-refractivity contribution is 6.30. The molecule has 1 heterocycles. The number of H-pyrrole nitrogens is 1. The zero-order valence-corrected chi connectivity index (χ0v) is 15.8. The molecular weight excluding hydrogens is 361 g/mol. The number of aryl methyl sites for hydroxylation is 1. The van der Waals surface area contributed by atoms with Crippen LogP contribution in [0.15, 0.2) is 30.6 Å². The number of benzene rings is 1. The van der Waals surface area contributed by atoms with Crippen LogP contribution >= 0.6 is 24.0 Å². The van der Waals surface area contributed by atoms with E-state index in [0.717, 1.165) is 42.8 Å². The Labute approximate surface area is 159 Å². The summed E-state index contributed by atoms with van der Waals surface area (Å²) in [6, 6.07) is 7.35. The molecule has 25 heavy (non-hydrogen) atoms. The van der Waals surface area contributed by atoms with Crippen molar-refractivity contribution in [3.8, 4) is 5.75 Å². The van der Waals surface area contributed by atoms with Crippen LogP contribution in [0.1, 0.15) is 24.2 Å². The van der Waals surface area contributed by atoms with Gasteiger partial charge in [0.15, 0.2) is 0 Å². The van der Waals surface area contributed by atoms with Crippen molar-refractivity contribution in [1.82, 2.24) is 14.9 Å². The molecule has 1 aliphatic rings. The average molecular weight is 384 g/mol. The second kappa shape index (κ2) is 9.11. The van der Waals surface area contributed by atoms with E-state index >= 15 is 0 Å². The minimum absolute atomic E-state index is 0. The van der Waals surface area contributed by atoms with Crippen molar-refractivity contribution in [2.75, 3.05) is 20.2 Å². The third-order valence-corrected chi connectivity index (χ3v) is 4.65. The Balaban J connectivity index is 0.00000225. The molecule has 2 aromatic rings. The van der Waals surface area contributed by atoms with Gasteiger partial charge < -0.3 is 14.6 Å². The summed E-state index contributed by atoms with van der Waals surface area (Å²) in [6.45, 7) is 1.25. The Morgan fingerprint density at radius 3 is 3.12 bits per heavy atom. The van der Waals surface area contributed by atoms with Crippen molar-refractivity contribution in [3.05, 3.63) is 47.0 Å². The standard InChI is InChI=1S/C18H22ClN3O2.ClH/c1-22(8-3-9-24-15-5-2-4-14(19)11-15)18(23)13-6-7-16-17(10-13)21-12-20-16;/h2,4-5,11-13H,3,6-10H2,1H3,(H,20,21);1H. The van der Waals surface area contributed by atoms with Gasteiger partial charge in [-0.05, 0) is 37.5 Å². The van der Waals surface area contributed by atoms with Crippen molar-refractivity contribution in [2.24, 2.45) is 5.92 Å². The molecule has 0 aliphatic heterocycles. The second-order valence-corrected chi connectivity index (χ2v) is 6.62. The molecule has 0 radical (unpaired) electrons. The zero-order chi connectivity index (χ0) is 16.9. The number of amides is 1. The highest BCUT2D eigenvalue weighted by Crippen LogP contribution is 2.24. The number of nitrogens with zero attached hydrogens (tertiary/aromatic N) is 2. The molecule has 0 saturated heterocycles. The van der Waals surface area contributed by atoms with E-state index in [2.05, 4.69) is 9.97 Å². The number of hydrogen-bond acceptors (Lipinski definition) is 3. The normalized spacial score (nSPS) is 15.8. The van der Waals surface area contributed by atoms with Gasteiger partial charge in [-0.25, -0.2) is 4.98 Å². The molecule has 3 rings (SSSR count). The minimum atomic E-state index is 0. The second-order valence-electron chi connectivity index (χ2n) is 6.19. The third-order valence-electron chi connectivity index (χ3n) is 4.42. The predicted molar refractivity (Wildman–Crippen MR) is 101 cm³/mol. The van der Waals surface area contributed by atoms with Crippen LogP contribution in [0.3, 0.4) is 0 Å². The SMILES string of the molecule is CN(CCCOc1cccc(Cl)c1)C(=O)C1CCc2nc[nH]c2C1.Cl. The number of aromatic nitrogens is 2. The van der Waals surface area contributed by atoms with E-state index in [9.17, 15) is 4.79 Å². The van der Waals surface area contributed by atoms with Gasteiger partial charge in [0.05, 0.1) is 18.6 Å². The quantitative estimate of drug-likeness (QED) is 0.776. The average Bonchev–Trinajstić information content (AvgIpc) is 3.05. The molecule has 0 spiro atoms. The maximum absolute atomic E-state index is 12.6. The maximum atomic E-state index is 12.6. The molecule has 0 bridgehead atoms. The van der Waals surface area contributed by atoms with Gasteiger partial charge in [0, 0.05) is 36.6 Å². The lowest BCUT2D eigenvalue weighted by Gasteiger charge is -2.26. The van der Waals surface area contributed by atoms with Crippen LogP contribution in [0.2, 0.25) is 5.02 Å². The van der Waals surface area contributed by atoms with E-state index in [4.69, 9.17) is 16.3 Å². The van der Waals surface area contributed by atoms with Gasteiger partial charge in [-0.15, -0.1) is 12.4 Å². The van der Waals surface area contributed by atoms with E-state index in [1.165, 1.54) is 0 Å². The number of fused-ring (bicyclic) bond motifs is 1. The lowest BCUT2D eigenvalue weighted by atomic mass is 9.89. The summed E-state index contributed by atoms with van der Waals surface area (Å²) in [7, 11) is 1.87. The fraction of sp³-hybridized carbons (Fsp3) is 0.444. The number of hydrogen-bond donors (Lipinski definition) is 1. The van der Waals surface area contributed by atoms with E-state index in [1.54, 1.807) is 12.4 Å². The summed E-state index contributed by atoms with van der Waals surface area (Å²) in [6.07, 6.45) is 5.02. The number of carbonyl (C=O) groups is 1. The first-order valence-corrected chi connectivity index (χ1v) is 8.66. The first-order chi connectivity index (χ1) is 11.6. The Morgan fingerprint density at radius 1 is 1.48 bits per heavy atom. The summed E-state index contributed by atoms with van der Waals surface area (Å²) >= 11 is 5.92. The fourth-order valence-corrected chi connectivity index (χ4v) is 3.26. The van der Waals surface area contributed by atoms with Crippen LogP contribution < -0.4 is 4.74 Å². The van der Waals surface area contributed by atoms with Crippen LogP contribution in [-0.2, 0) is 17.6 Å². The van der Waals surface area contributed by atoms with Gasteiger partial charge in [0.2, 0.25) is 5.91 Å². The molecule has 1 aliphatic carbocycles. The zero-order valence-electron chi connectivity index (χ0n) is 14.2. The number of nitrogens with one attached hydrogen (secondary N) is 1. The topological polar surface area (TPSA) is 58.2 Å². The molecule has 136 valence electrons. The Kier molecular flexibility index (Phi) is 7.14. The molecule has 0 saturated carbocycles. The maximum Gasteiger partial charge on any atom is 0.225 e. The minimum Gasteiger partial charge on any atom is -0.493 e. The van der Waals surface area contributed by atoms with Crippen LogP contribution in [0.4, 0.5) is 0 Å². The summed E-state index contributed by atoms with van der Waals surface area (Å²) in [5.74, 6) is 1.02. The van der Waals surface area contributed by atoms with E-state index < -0.39 is 0 Å². The summed E-state index contributed by atoms with van der Waals surface area (Å²) in [5.41, 5.74) is 2.22. The van der Waals surface area contributed by atoms with Gasteiger partial charge in [-0.2, -0.15) is 0 Å². The molecule has 1 amide bonds. The molecule has 1 unspecified atom stereocenters. The van der Waals surface area contributed by atoms with Gasteiger partial charge in [0.1, 0.15) is 5.75 Å². The van der Waals surface area contributed by atoms with E-state index in [0.29, 0.717) is 18.2 Å². The Bertz CT molecular complexity index is 705. The van der Waals surface area contributed by atoms with Crippen LogP contribution in [0, 0.1) is 5.92 Å². The number of aromatic amines is 1. The van der Waals surface area contributed by atoms with Crippen molar-refractivity contribution < 1.29 is 9.53 Å². The van der Waals surface area contributed by atoms with Gasteiger partial charge in [-0.3, -0.25) is 4.79 Å². The lowest BCUT2D eigenvalue weighted by Crippen LogP contribution is -2.36. The number of rotatable bonds is 6. The predicted octanol–water partition coefficient (Wildman–Crippen LogP) is 3.52. The summed E-state index contributed by atoms with van der Waals surface area (Å²) < 4.78 is 5.66. The van der Waals surface area contributed by atoms with Crippen molar-refractivity contribution in [2.45, 2.75) is 25.7 Å². The molecule has 0 fully saturated rings. The summed E-state index contributed by atoms with van der Waals surface area (Å²) in [4.78, 5) is 21.8. The van der Waals surface area contributed by atoms with Crippen molar-refractivity contribution in [1.29, 1.82) is 0 Å². The van der Waals surface area contributed by atoms with Gasteiger partial charge in [0.25, 0.3) is 0 Å². The molecule has 1 aromatic carbocycles. The van der Waals surface area contributed by atoms with Crippen LogP contribution in [0.25, 0.3) is 0 Å². The number of imidazole rings is 1. The Morgan fingerprint density at radius 2 is 2.32 bits per heavy atom. The van der Waals surface area contributed by atoms with E-state index in [1.807, 2.05) is 30.1 Å². The molecule has 7 heteroatoms. The number of ether oxygens (including phenoxy) is 1. The number of carbonyl (C=O) groups excluding carboxylic acids is 1. The molecule has 1 aromatic heterocycles. The molecule has 5 nitrogen and oxygen atoms in total. The van der Waals surface area contributed by atoms with Gasteiger partial charge >= 0.3 is 0 Å². The third kappa shape index (κ3) is 5.13. The summed E-state index contributed by atoms with van der Waals surface area (Å²) in [5, 5.41) is 0.662. The molecule has 1 N–H and O–H groups in total. The molecular formula is C18H23Cl2N3O2. The van der Waals surface area contributed by atoms with Crippen LogP contribution in [0.5, 0.6) is 5.75 Å². The largest absolute Gasteiger partial charge is 0.493 e. The first kappa shape index (κ1) is 19.6. The van der Waals surface area contributed by atoms with Gasteiger partial charge in [-0.1, -0.05) is 17.7 Å². The Hall–Kier alpha value is -1.72. The highest BCUT2D eigenvalue weighted by Gasteiger charge is 2.28. The van der Waals surface area contributed by atoms with Crippen molar-refractivity contribution >= 4 is 29.9 Å². The lowest BCUT2D eigenvalue weighted by molar-refractivity contribution is -0.134. The van der Waals surface area contributed by atoms with Crippen molar-refractivity contribution in [3.63, 3.8) is 0 Å². The fourth-order valence-electron chi connectivity index (χ4n) is 3.08. The first-order valence-electron chi connectivity index (χ1n) is 8.28. The van der Waals surface area contributed by atoms with E-state index in [-0.39, 0.29) is 24.2 Å².